The second kappa shape index (κ2) is 9.38. The van der Waals surface area contributed by atoms with Gasteiger partial charge in [-0.25, -0.2) is 0 Å². The third-order valence-corrected chi connectivity index (χ3v) is 11.7. The number of halogens is 1. The molecule has 32 heavy (non-hydrogen) atoms. The zero-order chi connectivity index (χ0) is 23.3. The quantitative estimate of drug-likeness (QED) is 0.266. The van der Waals surface area contributed by atoms with E-state index in [0.29, 0.717) is 21.6 Å². The molecule has 4 rings (SSSR count). The molecule has 0 aromatic carbocycles. The number of esters is 1. The van der Waals surface area contributed by atoms with Crippen molar-refractivity contribution >= 4 is 21.9 Å². The molecule has 0 N–H and O–H groups in total. The minimum absolute atomic E-state index is 0.170. The first-order valence-electron chi connectivity index (χ1n) is 13.6. The van der Waals surface area contributed by atoms with Crippen LogP contribution in [0.3, 0.4) is 0 Å². The van der Waals surface area contributed by atoms with Crippen molar-refractivity contribution in [2.24, 2.45) is 52.3 Å². The maximum atomic E-state index is 11.5. The second-order valence-electron chi connectivity index (χ2n) is 12.9. The normalized spacial score (nSPS) is 44.3. The number of hydrogen-bond donors (Lipinski definition) is 0. The Balaban J connectivity index is 1.50. The van der Waals surface area contributed by atoms with Crippen molar-refractivity contribution in [1.82, 2.24) is 0 Å². The highest BCUT2D eigenvalue weighted by Gasteiger charge is 2.62. The summed E-state index contributed by atoms with van der Waals surface area (Å²) in [5, 5.41) is 0. The summed E-state index contributed by atoms with van der Waals surface area (Å²) in [4.78, 5) is 12.1. The average molecular weight is 508 g/mol. The molecule has 0 aromatic heterocycles. The van der Waals surface area contributed by atoms with Gasteiger partial charge in [-0.3, -0.25) is 4.79 Å². The highest BCUT2D eigenvalue weighted by Crippen LogP contribution is 2.69. The van der Waals surface area contributed by atoms with Gasteiger partial charge in [0.2, 0.25) is 0 Å². The molecule has 3 heteroatoms. The average Bonchev–Trinajstić information content (AvgIpc) is 3.05. The highest BCUT2D eigenvalue weighted by molar-refractivity contribution is 9.09. The summed E-state index contributed by atoms with van der Waals surface area (Å²) in [6.07, 6.45) is 15.4. The summed E-state index contributed by atoms with van der Waals surface area (Å²) in [6.45, 7) is 14.1. The van der Waals surface area contributed by atoms with Crippen LogP contribution < -0.4 is 0 Å². The molecule has 0 saturated heterocycles. The van der Waals surface area contributed by atoms with Crippen molar-refractivity contribution in [1.29, 1.82) is 0 Å². The Hall–Kier alpha value is -0.310. The Bertz CT molecular complexity index is 729. The van der Waals surface area contributed by atoms with E-state index in [1.54, 1.807) is 0 Å². The number of ether oxygens (including phenoxy) is 1. The zero-order valence-corrected chi connectivity index (χ0v) is 23.0. The fraction of sp³-hybridized carbons (Fsp3) is 0.897. The van der Waals surface area contributed by atoms with Gasteiger partial charge in [-0.15, -0.1) is 0 Å². The van der Waals surface area contributed by atoms with E-state index in [1.165, 1.54) is 58.3 Å². The lowest BCUT2D eigenvalue weighted by atomic mass is 9.45. The molecule has 2 nitrogen and oxygen atoms in total. The zero-order valence-electron chi connectivity index (χ0n) is 21.5. The van der Waals surface area contributed by atoms with Crippen molar-refractivity contribution in [3.8, 4) is 0 Å². The van der Waals surface area contributed by atoms with E-state index in [-0.39, 0.29) is 5.97 Å². The monoisotopic (exact) mass is 506 g/mol. The molecule has 9 atom stereocenters. The molecule has 0 bridgehead atoms. The van der Waals surface area contributed by atoms with Crippen LogP contribution in [0.5, 0.6) is 0 Å². The topological polar surface area (TPSA) is 26.3 Å². The lowest BCUT2D eigenvalue weighted by Crippen LogP contribution is -2.56. The van der Waals surface area contributed by atoms with Crippen LogP contribution in [-0.2, 0) is 9.53 Å². The van der Waals surface area contributed by atoms with Crippen molar-refractivity contribution in [2.45, 2.75) is 111 Å². The molecular formula is C29H47BrO2. The van der Waals surface area contributed by atoms with Gasteiger partial charge in [-0.2, -0.15) is 0 Å². The minimum atomic E-state index is -0.170. The third-order valence-electron chi connectivity index (χ3n) is 10.7. The molecule has 0 amide bonds. The number of rotatable bonds is 6. The second-order valence-corrected chi connectivity index (χ2v) is 14.1. The van der Waals surface area contributed by atoms with Gasteiger partial charge in [-0.05, 0) is 96.9 Å². The van der Waals surface area contributed by atoms with E-state index in [2.05, 4.69) is 56.6 Å². The number of fused-ring (bicyclic) bond motifs is 5. The number of alkyl halides is 1. The van der Waals surface area contributed by atoms with Crippen LogP contribution in [0.4, 0.5) is 0 Å². The first-order chi connectivity index (χ1) is 15.1. The molecule has 3 saturated carbocycles. The molecule has 2 unspecified atom stereocenters. The number of carbonyl (C=O) groups excluding carboxylic acids is 1. The SMILES string of the molecule is CC(=O)OC1=CC[C@@]2(C)C(C1)CC(Br)[C@H]1[C@@H]3CC[C@H]([C@H](C)CCCC(C)C)[C@@]3(C)CC[C@@H]12. The van der Waals surface area contributed by atoms with E-state index in [4.69, 9.17) is 4.74 Å². The van der Waals surface area contributed by atoms with Gasteiger partial charge in [-0.1, -0.05) is 69.8 Å². The van der Waals surface area contributed by atoms with Crippen molar-refractivity contribution < 1.29 is 9.53 Å². The molecule has 0 spiro atoms. The maximum absolute atomic E-state index is 11.5. The molecule has 3 fully saturated rings. The maximum Gasteiger partial charge on any atom is 0.307 e. The van der Waals surface area contributed by atoms with E-state index in [0.717, 1.165) is 54.1 Å². The smallest absolute Gasteiger partial charge is 0.307 e. The van der Waals surface area contributed by atoms with E-state index >= 15 is 0 Å². The van der Waals surface area contributed by atoms with Gasteiger partial charge in [0.15, 0.2) is 0 Å². The molecule has 4 aliphatic carbocycles. The van der Waals surface area contributed by atoms with Gasteiger partial charge in [0.25, 0.3) is 0 Å². The summed E-state index contributed by atoms with van der Waals surface area (Å²) < 4.78 is 5.54. The van der Waals surface area contributed by atoms with Crippen molar-refractivity contribution in [3.63, 3.8) is 0 Å². The lowest BCUT2D eigenvalue weighted by molar-refractivity contribution is -0.139. The first-order valence-corrected chi connectivity index (χ1v) is 14.5. The van der Waals surface area contributed by atoms with Gasteiger partial charge < -0.3 is 4.74 Å². The van der Waals surface area contributed by atoms with Crippen LogP contribution in [-0.4, -0.2) is 10.8 Å². The van der Waals surface area contributed by atoms with Gasteiger partial charge in [0.05, 0.1) is 0 Å². The molecule has 0 radical (unpaired) electrons. The Morgan fingerprint density at radius 2 is 1.84 bits per heavy atom. The summed E-state index contributed by atoms with van der Waals surface area (Å²) in [5.74, 6) is 6.48. The fourth-order valence-corrected chi connectivity index (χ4v) is 10.2. The van der Waals surface area contributed by atoms with E-state index < -0.39 is 0 Å². The molecule has 0 heterocycles. The summed E-state index contributed by atoms with van der Waals surface area (Å²) in [6, 6.07) is 0. The third kappa shape index (κ3) is 4.38. The first kappa shape index (κ1) is 24.8. The fourth-order valence-electron chi connectivity index (χ4n) is 9.06. The summed E-state index contributed by atoms with van der Waals surface area (Å²) in [7, 11) is 0. The van der Waals surface area contributed by atoms with Gasteiger partial charge >= 0.3 is 5.97 Å². The van der Waals surface area contributed by atoms with Crippen molar-refractivity contribution in [2.75, 3.05) is 0 Å². The summed E-state index contributed by atoms with van der Waals surface area (Å²) >= 11 is 4.24. The number of hydrogen-bond acceptors (Lipinski definition) is 2. The molecule has 182 valence electrons. The number of allylic oxidation sites excluding steroid dienone is 2. The Kier molecular flexibility index (Phi) is 7.27. The van der Waals surface area contributed by atoms with Gasteiger partial charge in [0.1, 0.15) is 5.76 Å². The molecule has 0 aromatic rings. The standard InChI is InChI=1S/C29H47BrO2/c1-18(2)8-7-9-19(3)23-10-11-24-27-25(13-15-29(23,24)6)28(5)14-12-22(32-20(4)31)16-21(28)17-26(27)30/h12,18-19,21,23-27H,7-11,13-17H2,1-6H3/t19-,21?,23-,24+,25+,26?,27+,28+,29-/m1/s1. The lowest BCUT2D eigenvalue weighted by Gasteiger charge is -2.61. The minimum Gasteiger partial charge on any atom is -0.432 e. The van der Waals surface area contributed by atoms with Gasteiger partial charge in [0, 0.05) is 18.2 Å². The van der Waals surface area contributed by atoms with E-state index in [1.807, 2.05) is 0 Å². The summed E-state index contributed by atoms with van der Waals surface area (Å²) in [5.41, 5.74) is 0.891. The highest BCUT2D eigenvalue weighted by atomic mass is 79.9. The van der Waals surface area contributed by atoms with Crippen molar-refractivity contribution in [3.05, 3.63) is 11.8 Å². The van der Waals surface area contributed by atoms with Crippen LogP contribution in [0.2, 0.25) is 0 Å². The Labute approximate surface area is 205 Å². The Morgan fingerprint density at radius 1 is 1.12 bits per heavy atom. The van der Waals surface area contributed by atoms with E-state index in [9.17, 15) is 4.79 Å². The Morgan fingerprint density at radius 3 is 2.53 bits per heavy atom. The largest absolute Gasteiger partial charge is 0.432 e. The van der Waals surface area contributed by atoms with Crippen LogP contribution in [0.15, 0.2) is 11.8 Å². The number of carbonyl (C=O) groups is 1. The molecule has 4 aliphatic rings. The molecule has 0 aliphatic heterocycles. The molecular weight excluding hydrogens is 460 g/mol. The predicted octanol–water partition coefficient (Wildman–Crippen LogP) is 8.54. The van der Waals surface area contributed by atoms with Crippen LogP contribution in [0.1, 0.15) is 106 Å². The van der Waals surface area contributed by atoms with Crippen LogP contribution >= 0.6 is 15.9 Å². The van der Waals surface area contributed by atoms with Crippen LogP contribution in [0, 0.1) is 52.3 Å². The van der Waals surface area contributed by atoms with Crippen LogP contribution in [0.25, 0.3) is 0 Å². The predicted molar refractivity (Wildman–Crippen MR) is 136 cm³/mol.